The van der Waals surface area contributed by atoms with E-state index in [0.29, 0.717) is 0 Å². The van der Waals surface area contributed by atoms with Crippen LogP contribution in [0.15, 0.2) is 85.2 Å². The average molecular weight is 535 g/mol. The SMILES string of the molecule is CC(C)(C)c1ccc2[nH]c3cc4c5cc6[nH]c7ccc(C(C)(C)C)cc7c6cc5n(-c5ccncc5)c4cc3c2c1. The number of nitrogens with one attached hydrogen (secondary N) is 2. The Hall–Kier alpha value is -4.57. The molecule has 202 valence electrons. The zero-order valence-electron chi connectivity index (χ0n) is 24.5. The molecule has 0 amide bonds. The second kappa shape index (κ2) is 8.01. The van der Waals surface area contributed by atoms with E-state index in [0.717, 1.165) is 5.69 Å². The van der Waals surface area contributed by atoms with Crippen LogP contribution in [-0.2, 0) is 10.8 Å². The van der Waals surface area contributed by atoms with Gasteiger partial charge in [-0.15, -0.1) is 0 Å². The molecule has 0 spiro atoms. The van der Waals surface area contributed by atoms with Crippen LogP contribution in [0.5, 0.6) is 0 Å². The first-order valence-electron chi connectivity index (χ1n) is 14.5. The summed E-state index contributed by atoms with van der Waals surface area (Å²) in [6.07, 6.45) is 3.76. The van der Waals surface area contributed by atoms with Gasteiger partial charge in [0.05, 0.1) is 11.0 Å². The quantitative estimate of drug-likeness (QED) is 0.216. The van der Waals surface area contributed by atoms with Gasteiger partial charge in [0.15, 0.2) is 0 Å². The van der Waals surface area contributed by atoms with Crippen LogP contribution in [0.4, 0.5) is 0 Å². The summed E-state index contributed by atoms with van der Waals surface area (Å²) in [4.78, 5) is 11.8. The molecule has 0 fully saturated rings. The number of hydrogen-bond acceptors (Lipinski definition) is 1. The molecule has 4 nitrogen and oxygen atoms in total. The summed E-state index contributed by atoms with van der Waals surface area (Å²) in [5.41, 5.74) is 11.1. The van der Waals surface area contributed by atoms with Crippen molar-refractivity contribution in [3.8, 4) is 5.69 Å². The molecule has 4 aromatic heterocycles. The Balaban J connectivity index is 1.50. The maximum Gasteiger partial charge on any atom is 0.0548 e. The smallest absolute Gasteiger partial charge is 0.0548 e. The number of hydrogen-bond donors (Lipinski definition) is 2. The molecule has 4 heteroatoms. The lowest BCUT2D eigenvalue weighted by atomic mass is 9.86. The van der Waals surface area contributed by atoms with E-state index in [9.17, 15) is 0 Å². The molecule has 41 heavy (non-hydrogen) atoms. The Morgan fingerprint density at radius 1 is 0.488 bits per heavy atom. The Morgan fingerprint density at radius 2 is 0.927 bits per heavy atom. The molecule has 0 aliphatic heterocycles. The van der Waals surface area contributed by atoms with Crippen LogP contribution in [0.2, 0.25) is 0 Å². The number of benzene rings is 4. The lowest BCUT2D eigenvalue weighted by Gasteiger charge is -2.18. The first-order valence-corrected chi connectivity index (χ1v) is 14.5. The molecule has 0 aliphatic carbocycles. The first-order chi connectivity index (χ1) is 19.6. The van der Waals surface area contributed by atoms with Crippen molar-refractivity contribution < 1.29 is 0 Å². The van der Waals surface area contributed by atoms with Crippen LogP contribution in [0, 0.1) is 0 Å². The number of fused-ring (bicyclic) bond motifs is 9. The zero-order chi connectivity index (χ0) is 28.3. The molecule has 0 aliphatic rings. The third kappa shape index (κ3) is 3.56. The highest BCUT2D eigenvalue weighted by atomic mass is 15.0. The summed E-state index contributed by atoms with van der Waals surface area (Å²) in [6, 6.07) is 27.3. The summed E-state index contributed by atoms with van der Waals surface area (Å²) in [6.45, 7) is 13.7. The molecule has 8 aromatic rings. The number of aromatic amines is 2. The minimum atomic E-state index is 0.0878. The number of pyridine rings is 1. The topological polar surface area (TPSA) is 49.4 Å². The van der Waals surface area contributed by atoms with Gasteiger partial charge in [0, 0.05) is 72.5 Å². The van der Waals surface area contributed by atoms with Crippen LogP contribution in [0.1, 0.15) is 52.7 Å². The van der Waals surface area contributed by atoms with E-state index in [1.165, 1.54) is 76.5 Å². The Morgan fingerprint density at radius 3 is 1.37 bits per heavy atom. The number of H-pyrrole nitrogens is 2. The van der Waals surface area contributed by atoms with E-state index >= 15 is 0 Å². The predicted octanol–water partition coefficient (Wildman–Crippen LogP) is 10.0. The Labute approximate surface area is 239 Å². The van der Waals surface area contributed by atoms with Crippen molar-refractivity contribution in [2.24, 2.45) is 0 Å². The van der Waals surface area contributed by atoms with Crippen LogP contribution >= 0.6 is 0 Å². The molecule has 4 heterocycles. The van der Waals surface area contributed by atoms with Crippen molar-refractivity contribution in [3.05, 3.63) is 96.3 Å². The fraction of sp³-hybridized carbons (Fsp3) is 0.216. The molecular formula is C37H34N4. The lowest BCUT2D eigenvalue weighted by molar-refractivity contribution is 0.591. The van der Waals surface area contributed by atoms with Crippen LogP contribution in [0.25, 0.3) is 71.1 Å². The van der Waals surface area contributed by atoms with Gasteiger partial charge < -0.3 is 14.5 Å². The second-order valence-electron chi connectivity index (χ2n) is 13.6. The van der Waals surface area contributed by atoms with Crippen molar-refractivity contribution in [3.63, 3.8) is 0 Å². The second-order valence-corrected chi connectivity index (χ2v) is 13.6. The highest BCUT2D eigenvalue weighted by Crippen LogP contribution is 2.41. The fourth-order valence-electron chi connectivity index (χ4n) is 6.51. The normalized spacial score (nSPS) is 13.1. The Kier molecular flexibility index (Phi) is 4.73. The molecule has 2 N–H and O–H groups in total. The van der Waals surface area contributed by atoms with Crippen LogP contribution in [0.3, 0.4) is 0 Å². The monoisotopic (exact) mass is 534 g/mol. The molecule has 0 saturated heterocycles. The maximum atomic E-state index is 4.32. The molecular weight excluding hydrogens is 500 g/mol. The van der Waals surface area contributed by atoms with Gasteiger partial charge in [-0.25, -0.2) is 0 Å². The minimum Gasteiger partial charge on any atom is -0.354 e. The molecule has 4 aromatic carbocycles. The highest BCUT2D eigenvalue weighted by molar-refractivity contribution is 6.21. The predicted molar refractivity (Wildman–Crippen MR) is 175 cm³/mol. The summed E-state index contributed by atoms with van der Waals surface area (Å²) in [5, 5.41) is 7.53. The van der Waals surface area contributed by atoms with Gasteiger partial charge >= 0.3 is 0 Å². The fourth-order valence-corrected chi connectivity index (χ4v) is 6.51. The summed E-state index contributed by atoms with van der Waals surface area (Å²) >= 11 is 0. The van der Waals surface area contributed by atoms with Crippen molar-refractivity contribution in [2.45, 2.75) is 52.4 Å². The van der Waals surface area contributed by atoms with E-state index in [-0.39, 0.29) is 10.8 Å². The van der Waals surface area contributed by atoms with Gasteiger partial charge in [0.2, 0.25) is 0 Å². The van der Waals surface area contributed by atoms with E-state index in [2.05, 4.69) is 134 Å². The summed E-state index contributed by atoms with van der Waals surface area (Å²) in [7, 11) is 0. The van der Waals surface area contributed by atoms with Gasteiger partial charge in [-0.3, -0.25) is 4.98 Å². The van der Waals surface area contributed by atoms with Gasteiger partial charge in [0.1, 0.15) is 0 Å². The van der Waals surface area contributed by atoms with Gasteiger partial charge in [-0.1, -0.05) is 53.7 Å². The van der Waals surface area contributed by atoms with E-state index < -0.39 is 0 Å². The number of rotatable bonds is 1. The van der Waals surface area contributed by atoms with Crippen molar-refractivity contribution in [1.29, 1.82) is 0 Å². The molecule has 0 radical (unpaired) electrons. The largest absolute Gasteiger partial charge is 0.354 e. The molecule has 0 atom stereocenters. The lowest BCUT2D eigenvalue weighted by Crippen LogP contribution is -2.10. The molecule has 8 rings (SSSR count). The third-order valence-corrected chi connectivity index (χ3v) is 8.85. The van der Waals surface area contributed by atoms with Crippen molar-refractivity contribution >= 4 is 65.4 Å². The van der Waals surface area contributed by atoms with Gasteiger partial charge in [0.25, 0.3) is 0 Å². The zero-order valence-corrected chi connectivity index (χ0v) is 24.5. The molecule has 0 saturated carbocycles. The molecule has 0 unspecified atom stereocenters. The standard InChI is InChI=1S/C37H34N4/c1-36(2,3)21-7-9-30-24(15-21)26-19-34-28(17-32(26)39-30)29-18-33-27(20-35(29)41(34)23-11-13-38-14-12-23)25-16-22(37(4,5)6)8-10-31(25)40-33/h7-20,39-40H,1-6H3. The maximum absolute atomic E-state index is 4.32. The van der Waals surface area contributed by atoms with E-state index in [1.807, 2.05) is 12.4 Å². The number of aromatic nitrogens is 4. The average Bonchev–Trinajstić information content (AvgIpc) is 3.58. The van der Waals surface area contributed by atoms with Crippen LogP contribution < -0.4 is 0 Å². The molecule has 0 bridgehead atoms. The van der Waals surface area contributed by atoms with Crippen LogP contribution in [-0.4, -0.2) is 19.5 Å². The van der Waals surface area contributed by atoms with Crippen molar-refractivity contribution in [1.82, 2.24) is 19.5 Å². The summed E-state index contributed by atoms with van der Waals surface area (Å²) in [5.74, 6) is 0. The van der Waals surface area contributed by atoms with Gasteiger partial charge in [-0.05, 0) is 82.6 Å². The third-order valence-electron chi connectivity index (χ3n) is 8.85. The van der Waals surface area contributed by atoms with E-state index in [1.54, 1.807) is 0 Å². The highest BCUT2D eigenvalue weighted by Gasteiger charge is 2.20. The first kappa shape index (κ1) is 24.2. The Bertz CT molecular complexity index is 2170. The minimum absolute atomic E-state index is 0.0878. The van der Waals surface area contributed by atoms with Crippen molar-refractivity contribution in [2.75, 3.05) is 0 Å². The summed E-state index contributed by atoms with van der Waals surface area (Å²) < 4.78 is 2.41. The van der Waals surface area contributed by atoms with E-state index in [4.69, 9.17) is 0 Å². The number of nitrogens with zero attached hydrogens (tertiary/aromatic N) is 2. The van der Waals surface area contributed by atoms with Gasteiger partial charge in [-0.2, -0.15) is 0 Å².